The van der Waals surface area contributed by atoms with Gasteiger partial charge in [0.25, 0.3) is 0 Å². The van der Waals surface area contributed by atoms with Gasteiger partial charge in [-0.1, -0.05) is 257 Å². The average molecular weight is 896 g/mol. The standard InChI is InChI=1S/C54H105NO8/c1-3-5-7-9-11-13-14-15-16-17-18-19-20-21-22-23-24-25-26-27-28-29-30-31-32-33-34-36-38-40-42-44-50(58)55-47(48(57)43-41-39-37-35-12-10-8-6-4-2)46-62-54-53(61)52(60)51(59)49(45-56)63-54/h41,43,47-49,51-54,56-57,59-61H,3-40,42,44-46H2,1-2H3,(H,55,58)/b43-41+/t47-,48+,49+,51-,52?,53?,54+/m0/s1. The molecule has 9 heteroatoms. The van der Waals surface area contributed by atoms with E-state index in [4.69, 9.17) is 9.47 Å². The van der Waals surface area contributed by atoms with Crippen LogP contribution >= 0.6 is 0 Å². The second-order valence-corrected chi connectivity index (χ2v) is 19.4. The number of allylic oxidation sites excluding steroid dienone is 1. The number of aliphatic hydroxyl groups is 5. The maximum absolute atomic E-state index is 13.0. The molecule has 0 bridgehead atoms. The summed E-state index contributed by atoms with van der Waals surface area (Å²) in [5, 5.41) is 54.1. The van der Waals surface area contributed by atoms with Gasteiger partial charge in [-0.2, -0.15) is 0 Å². The summed E-state index contributed by atoms with van der Waals surface area (Å²) in [5.74, 6) is -0.174. The van der Waals surface area contributed by atoms with E-state index in [1.54, 1.807) is 6.08 Å². The lowest BCUT2D eigenvalue weighted by atomic mass is 9.99. The minimum absolute atomic E-state index is 0.174. The summed E-state index contributed by atoms with van der Waals surface area (Å²) < 4.78 is 11.2. The van der Waals surface area contributed by atoms with Gasteiger partial charge in [0.1, 0.15) is 24.4 Å². The average Bonchev–Trinajstić information content (AvgIpc) is 3.28. The number of amides is 1. The van der Waals surface area contributed by atoms with Crippen molar-refractivity contribution in [3.05, 3.63) is 12.2 Å². The van der Waals surface area contributed by atoms with Crippen molar-refractivity contribution < 1.29 is 39.8 Å². The molecule has 9 nitrogen and oxygen atoms in total. The molecule has 1 aliphatic rings. The summed E-state index contributed by atoms with van der Waals surface area (Å²) in [6.45, 7) is 3.77. The zero-order valence-corrected chi connectivity index (χ0v) is 41.4. The number of aliphatic hydroxyl groups excluding tert-OH is 5. The van der Waals surface area contributed by atoms with Gasteiger partial charge in [-0.3, -0.25) is 4.79 Å². The van der Waals surface area contributed by atoms with Crippen molar-refractivity contribution in [2.24, 2.45) is 0 Å². The fourth-order valence-electron chi connectivity index (χ4n) is 8.98. The van der Waals surface area contributed by atoms with E-state index in [0.29, 0.717) is 6.42 Å². The first-order chi connectivity index (χ1) is 30.8. The van der Waals surface area contributed by atoms with Crippen molar-refractivity contribution in [2.45, 2.75) is 314 Å². The van der Waals surface area contributed by atoms with Gasteiger partial charge in [-0.25, -0.2) is 0 Å². The van der Waals surface area contributed by atoms with Crippen LogP contribution in [0.25, 0.3) is 0 Å². The Morgan fingerprint density at radius 3 is 1.24 bits per heavy atom. The Labute approximate surface area is 388 Å². The van der Waals surface area contributed by atoms with E-state index in [1.165, 1.54) is 212 Å². The molecule has 6 N–H and O–H groups in total. The van der Waals surface area contributed by atoms with E-state index >= 15 is 0 Å². The summed E-state index contributed by atoms with van der Waals surface area (Å²) in [4.78, 5) is 13.0. The van der Waals surface area contributed by atoms with E-state index in [2.05, 4.69) is 19.2 Å². The van der Waals surface area contributed by atoms with Gasteiger partial charge in [0, 0.05) is 6.42 Å². The molecular formula is C54H105NO8. The summed E-state index contributed by atoms with van der Waals surface area (Å²) in [5.41, 5.74) is 0. The van der Waals surface area contributed by atoms with Crippen molar-refractivity contribution in [3.8, 4) is 0 Å². The molecule has 1 heterocycles. The zero-order valence-electron chi connectivity index (χ0n) is 41.4. The molecule has 0 aromatic carbocycles. The summed E-state index contributed by atoms with van der Waals surface area (Å²) in [7, 11) is 0. The van der Waals surface area contributed by atoms with Gasteiger partial charge in [-0.15, -0.1) is 0 Å². The first-order valence-corrected chi connectivity index (χ1v) is 27.4. The maximum atomic E-state index is 13.0. The molecule has 1 rings (SSSR count). The molecule has 0 spiro atoms. The largest absolute Gasteiger partial charge is 0.394 e. The second-order valence-electron chi connectivity index (χ2n) is 19.4. The Morgan fingerprint density at radius 2 is 0.873 bits per heavy atom. The number of unbranched alkanes of at least 4 members (excludes halogenated alkanes) is 37. The van der Waals surface area contributed by atoms with Gasteiger partial charge in [0.15, 0.2) is 6.29 Å². The monoisotopic (exact) mass is 896 g/mol. The van der Waals surface area contributed by atoms with Crippen LogP contribution in [0.5, 0.6) is 0 Å². The number of ether oxygens (including phenoxy) is 2. The topological polar surface area (TPSA) is 149 Å². The molecule has 374 valence electrons. The Morgan fingerprint density at radius 1 is 0.524 bits per heavy atom. The molecule has 1 amide bonds. The molecule has 0 aliphatic carbocycles. The van der Waals surface area contributed by atoms with Crippen LogP contribution in [0.15, 0.2) is 12.2 Å². The van der Waals surface area contributed by atoms with Gasteiger partial charge in [0.05, 0.1) is 25.4 Å². The van der Waals surface area contributed by atoms with Crippen LogP contribution in [0.3, 0.4) is 0 Å². The van der Waals surface area contributed by atoms with E-state index in [1.807, 2.05) is 6.08 Å². The normalized spacial score (nSPS) is 20.1. The number of hydrogen-bond donors (Lipinski definition) is 6. The molecular weight excluding hydrogens is 791 g/mol. The zero-order chi connectivity index (χ0) is 45.9. The summed E-state index contributed by atoms with van der Waals surface area (Å²) in [6, 6.07) is -0.798. The number of hydrogen-bond acceptors (Lipinski definition) is 8. The fraction of sp³-hybridized carbons (Fsp3) is 0.944. The predicted octanol–water partition coefficient (Wildman–Crippen LogP) is 12.8. The SMILES string of the molecule is CCCCCCCCC/C=C/[C@@H](O)[C@H](CO[C@@H]1O[C@H](CO)[C@H](O)C(O)C1O)NC(=O)CCCCCCCCCCCCCCCCCCCCCCCCCCCCCCCCC. The third-order valence-corrected chi connectivity index (χ3v) is 13.4. The molecule has 0 radical (unpaired) electrons. The van der Waals surface area contributed by atoms with Crippen LogP contribution in [0.4, 0.5) is 0 Å². The third kappa shape index (κ3) is 34.8. The van der Waals surface area contributed by atoms with Gasteiger partial charge >= 0.3 is 0 Å². The Kier molecular flexibility index (Phi) is 42.6. The quantitative estimate of drug-likeness (QED) is 0.0261. The number of carbonyl (C=O) groups is 1. The third-order valence-electron chi connectivity index (χ3n) is 13.4. The highest BCUT2D eigenvalue weighted by molar-refractivity contribution is 5.76. The van der Waals surface area contributed by atoms with Crippen molar-refractivity contribution >= 4 is 5.91 Å². The molecule has 1 aliphatic heterocycles. The van der Waals surface area contributed by atoms with Gasteiger partial charge in [0.2, 0.25) is 5.91 Å². The first-order valence-electron chi connectivity index (χ1n) is 27.4. The van der Waals surface area contributed by atoms with Crippen LogP contribution in [0.2, 0.25) is 0 Å². The van der Waals surface area contributed by atoms with Crippen molar-refractivity contribution in [2.75, 3.05) is 13.2 Å². The second kappa shape index (κ2) is 44.7. The van der Waals surface area contributed by atoms with E-state index < -0.39 is 49.5 Å². The lowest BCUT2D eigenvalue weighted by molar-refractivity contribution is -0.302. The molecule has 1 fully saturated rings. The fourth-order valence-corrected chi connectivity index (χ4v) is 8.98. The lowest BCUT2D eigenvalue weighted by Gasteiger charge is -2.40. The Bertz CT molecular complexity index is 997. The molecule has 63 heavy (non-hydrogen) atoms. The van der Waals surface area contributed by atoms with E-state index in [0.717, 1.165) is 38.5 Å². The van der Waals surface area contributed by atoms with Crippen LogP contribution in [-0.4, -0.2) is 87.5 Å². The van der Waals surface area contributed by atoms with Crippen LogP contribution in [-0.2, 0) is 14.3 Å². The molecule has 0 saturated carbocycles. The van der Waals surface area contributed by atoms with E-state index in [-0.39, 0.29) is 12.5 Å². The molecule has 7 atom stereocenters. The highest BCUT2D eigenvalue weighted by Crippen LogP contribution is 2.23. The van der Waals surface area contributed by atoms with Gasteiger partial charge in [-0.05, 0) is 19.3 Å². The molecule has 2 unspecified atom stereocenters. The minimum Gasteiger partial charge on any atom is -0.394 e. The maximum Gasteiger partial charge on any atom is 0.220 e. The van der Waals surface area contributed by atoms with Crippen molar-refractivity contribution in [1.82, 2.24) is 5.32 Å². The van der Waals surface area contributed by atoms with E-state index in [9.17, 15) is 30.3 Å². The molecule has 1 saturated heterocycles. The van der Waals surface area contributed by atoms with Crippen molar-refractivity contribution in [1.29, 1.82) is 0 Å². The number of nitrogens with one attached hydrogen (secondary N) is 1. The smallest absolute Gasteiger partial charge is 0.220 e. The summed E-state index contributed by atoms with van der Waals surface area (Å²) >= 11 is 0. The predicted molar refractivity (Wildman–Crippen MR) is 263 cm³/mol. The number of carbonyl (C=O) groups excluding carboxylic acids is 1. The van der Waals surface area contributed by atoms with Crippen molar-refractivity contribution in [3.63, 3.8) is 0 Å². The highest BCUT2D eigenvalue weighted by atomic mass is 16.7. The highest BCUT2D eigenvalue weighted by Gasteiger charge is 2.44. The van der Waals surface area contributed by atoms with Gasteiger partial charge < -0.3 is 40.3 Å². The minimum atomic E-state index is -1.56. The number of rotatable bonds is 47. The Balaban J connectivity index is 2.07. The first kappa shape index (κ1) is 59.9. The van der Waals surface area contributed by atoms with Crippen LogP contribution in [0.1, 0.15) is 271 Å². The molecule has 0 aromatic rings. The van der Waals surface area contributed by atoms with Crippen LogP contribution in [0, 0.1) is 0 Å². The molecule has 0 aromatic heterocycles. The Hall–Kier alpha value is -1.07. The summed E-state index contributed by atoms with van der Waals surface area (Å²) in [6.07, 6.45) is 47.4. The lowest BCUT2D eigenvalue weighted by Crippen LogP contribution is -2.60. The van der Waals surface area contributed by atoms with Crippen LogP contribution < -0.4 is 5.32 Å².